The Morgan fingerprint density at radius 2 is 1.94 bits per heavy atom. The molecule has 0 aliphatic heterocycles. The molecular weight excluding hydrogens is 208 g/mol. The number of hydrogen-bond acceptors (Lipinski definition) is 1. The molecule has 1 aliphatic rings. The lowest BCUT2D eigenvalue weighted by Gasteiger charge is -2.48. The number of hydrogen-bond donors (Lipinski definition) is 1. The van der Waals surface area contributed by atoms with Crippen molar-refractivity contribution in [3.63, 3.8) is 0 Å². The minimum Gasteiger partial charge on any atom is -0.390 e. The maximum absolute atomic E-state index is 11.1. The van der Waals surface area contributed by atoms with E-state index in [1.165, 1.54) is 32.1 Å². The Bertz CT molecular complexity index is 228. The lowest BCUT2D eigenvalue weighted by molar-refractivity contribution is -0.103. The zero-order valence-corrected chi connectivity index (χ0v) is 12.6. The second-order valence-corrected chi connectivity index (χ2v) is 7.37. The summed E-state index contributed by atoms with van der Waals surface area (Å²) < 4.78 is 0. The highest BCUT2D eigenvalue weighted by molar-refractivity contribution is 4.96. The summed E-state index contributed by atoms with van der Waals surface area (Å²) in [5, 5.41) is 11.1. The van der Waals surface area contributed by atoms with Crippen molar-refractivity contribution in [1.29, 1.82) is 0 Å². The molecule has 102 valence electrons. The summed E-state index contributed by atoms with van der Waals surface area (Å²) in [5.74, 6) is 1.14. The molecule has 17 heavy (non-hydrogen) atoms. The third-order valence-electron chi connectivity index (χ3n) is 4.53. The first-order chi connectivity index (χ1) is 7.79. The van der Waals surface area contributed by atoms with Gasteiger partial charge in [0.05, 0.1) is 5.60 Å². The van der Waals surface area contributed by atoms with Crippen LogP contribution in [0.2, 0.25) is 0 Å². The summed E-state index contributed by atoms with van der Waals surface area (Å²) in [6.07, 6.45) is 8.22. The van der Waals surface area contributed by atoms with Gasteiger partial charge in [0.2, 0.25) is 0 Å². The molecule has 1 fully saturated rings. The fraction of sp³-hybridized carbons (Fsp3) is 1.00. The highest BCUT2D eigenvalue weighted by Crippen LogP contribution is 2.47. The van der Waals surface area contributed by atoms with Gasteiger partial charge in [-0.2, -0.15) is 0 Å². The largest absolute Gasteiger partial charge is 0.390 e. The fourth-order valence-corrected chi connectivity index (χ4v) is 3.90. The Labute approximate surface area is 108 Å². The van der Waals surface area contributed by atoms with Crippen LogP contribution in [0.3, 0.4) is 0 Å². The van der Waals surface area contributed by atoms with Gasteiger partial charge in [-0.3, -0.25) is 0 Å². The minimum absolute atomic E-state index is 0.237. The van der Waals surface area contributed by atoms with E-state index in [0.717, 1.165) is 12.8 Å². The number of aliphatic hydroxyl groups is 1. The summed E-state index contributed by atoms with van der Waals surface area (Å²) in [4.78, 5) is 0. The highest BCUT2D eigenvalue weighted by atomic mass is 16.3. The molecule has 0 aromatic carbocycles. The second kappa shape index (κ2) is 5.73. The Morgan fingerprint density at radius 3 is 2.47 bits per heavy atom. The SMILES string of the molecule is CCCC(C)CC1(O)CCCCC1C(C)(C)C. The fourth-order valence-electron chi connectivity index (χ4n) is 3.90. The van der Waals surface area contributed by atoms with Gasteiger partial charge < -0.3 is 5.11 Å². The Kier molecular flexibility index (Phi) is 5.07. The van der Waals surface area contributed by atoms with Crippen LogP contribution in [0.4, 0.5) is 0 Å². The van der Waals surface area contributed by atoms with E-state index in [9.17, 15) is 5.11 Å². The molecule has 1 heteroatoms. The summed E-state index contributed by atoms with van der Waals surface area (Å²) in [6, 6.07) is 0. The van der Waals surface area contributed by atoms with Gasteiger partial charge in [0.1, 0.15) is 0 Å². The first-order valence-corrected chi connectivity index (χ1v) is 7.52. The van der Waals surface area contributed by atoms with Crippen LogP contribution in [0, 0.1) is 17.3 Å². The van der Waals surface area contributed by atoms with Gasteiger partial charge in [0.15, 0.2) is 0 Å². The molecule has 0 saturated heterocycles. The summed E-state index contributed by atoms with van der Waals surface area (Å²) in [6.45, 7) is 11.4. The molecule has 1 N–H and O–H groups in total. The molecule has 1 nitrogen and oxygen atoms in total. The predicted octanol–water partition coefficient (Wildman–Crippen LogP) is 4.78. The van der Waals surface area contributed by atoms with Crippen LogP contribution in [0.1, 0.15) is 79.6 Å². The smallest absolute Gasteiger partial charge is 0.0683 e. The molecule has 3 atom stereocenters. The molecule has 0 heterocycles. The molecule has 0 bridgehead atoms. The van der Waals surface area contributed by atoms with Crippen LogP contribution in [-0.4, -0.2) is 10.7 Å². The van der Waals surface area contributed by atoms with E-state index in [1.807, 2.05) is 0 Å². The van der Waals surface area contributed by atoms with E-state index in [2.05, 4.69) is 34.6 Å². The standard InChI is InChI=1S/C16H32O/c1-6-9-13(2)12-16(17)11-8-7-10-14(16)15(3,4)5/h13-14,17H,6-12H2,1-5H3. The third kappa shape index (κ3) is 3.98. The van der Waals surface area contributed by atoms with Crippen molar-refractivity contribution in [2.24, 2.45) is 17.3 Å². The van der Waals surface area contributed by atoms with Gasteiger partial charge >= 0.3 is 0 Å². The minimum atomic E-state index is -0.398. The van der Waals surface area contributed by atoms with Gasteiger partial charge in [0, 0.05) is 0 Å². The zero-order chi connectivity index (χ0) is 13.1. The van der Waals surface area contributed by atoms with Gasteiger partial charge in [-0.25, -0.2) is 0 Å². The first kappa shape index (κ1) is 15.0. The topological polar surface area (TPSA) is 20.2 Å². The van der Waals surface area contributed by atoms with Crippen LogP contribution in [0.5, 0.6) is 0 Å². The van der Waals surface area contributed by atoms with Crippen molar-refractivity contribution in [1.82, 2.24) is 0 Å². The zero-order valence-electron chi connectivity index (χ0n) is 12.6. The van der Waals surface area contributed by atoms with Crippen molar-refractivity contribution < 1.29 is 5.11 Å². The molecule has 3 unspecified atom stereocenters. The maximum Gasteiger partial charge on any atom is 0.0683 e. The normalized spacial score (nSPS) is 32.5. The molecule has 1 saturated carbocycles. The van der Waals surface area contributed by atoms with E-state index < -0.39 is 5.60 Å². The van der Waals surface area contributed by atoms with Crippen molar-refractivity contribution >= 4 is 0 Å². The average Bonchev–Trinajstić information content (AvgIpc) is 2.15. The maximum atomic E-state index is 11.1. The Balaban J connectivity index is 2.74. The van der Waals surface area contributed by atoms with E-state index >= 15 is 0 Å². The van der Waals surface area contributed by atoms with Gasteiger partial charge in [-0.15, -0.1) is 0 Å². The average molecular weight is 240 g/mol. The quantitative estimate of drug-likeness (QED) is 0.749. The number of rotatable bonds is 4. The van der Waals surface area contributed by atoms with Crippen LogP contribution in [-0.2, 0) is 0 Å². The molecule has 0 spiro atoms. The van der Waals surface area contributed by atoms with Crippen LogP contribution in [0.15, 0.2) is 0 Å². The van der Waals surface area contributed by atoms with E-state index in [4.69, 9.17) is 0 Å². The van der Waals surface area contributed by atoms with Crippen LogP contribution in [0.25, 0.3) is 0 Å². The third-order valence-corrected chi connectivity index (χ3v) is 4.53. The molecule has 0 aromatic rings. The van der Waals surface area contributed by atoms with Crippen molar-refractivity contribution in [3.05, 3.63) is 0 Å². The van der Waals surface area contributed by atoms with Crippen molar-refractivity contribution in [2.75, 3.05) is 0 Å². The summed E-state index contributed by atoms with van der Waals surface area (Å²) in [7, 11) is 0. The Morgan fingerprint density at radius 1 is 1.29 bits per heavy atom. The monoisotopic (exact) mass is 240 g/mol. The molecule has 0 aromatic heterocycles. The molecular formula is C16H32O. The van der Waals surface area contributed by atoms with E-state index in [0.29, 0.717) is 11.8 Å². The van der Waals surface area contributed by atoms with Crippen molar-refractivity contribution in [3.8, 4) is 0 Å². The van der Waals surface area contributed by atoms with Crippen LogP contribution >= 0.6 is 0 Å². The molecule has 1 rings (SSSR count). The first-order valence-electron chi connectivity index (χ1n) is 7.52. The summed E-state index contributed by atoms with van der Waals surface area (Å²) in [5.41, 5.74) is -0.161. The van der Waals surface area contributed by atoms with Crippen molar-refractivity contribution in [2.45, 2.75) is 85.2 Å². The van der Waals surface area contributed by atoms with Crippen LogP contribution < -0.4 is 0 Å². The van der Waals surface area contributed by atoms with Gasteiger partial charge in [-0.05, 0) is 36.5 Å². The highest BCUT2D eigenvalue weighted by Gasteiger charge is 2.44. The van der Waals surface area contributed by atoms with E-state index in [-0.39, 0.29) is 5.41 Å². The Hall–Kier alpha value is -0.0400. The van der Waals surface area contributed by atoms with Gasteiger partial charge in [0.25, 0.3) is 0 Å². The summed E-state index contributed by atoms with van der Waals surface area (Å²) >= 11 is 0. The van der Waals surface area contributed by atoms with E-state index in [1.54, 1.807) is 0 Å². The predicted molar refractivity (Wildman–Crippen MR) is 75.1 cm³/mol. The molecule has 0 radical (unpaired) electrons. The lowest BCUT2D eigenvalue weighted by atomic mass is 9.61. The molecule has 0 amide bonds. The second-order valence-electron chi connectivity index (χ2n) is 7.37. The lowest BCUT2D eigenvalue weighted by Crippen LogP contribution is -2.47. The molecule has 1 aliphatic carbocycles. The van der Waals surface area contributed by atoms with Gasteiger partial charge in [-0.1, -0.05) is 60.3 Å².